The van der Waals surface area contributed by atoms with Crippen molar-refractivity contribution >= 4 is 16.8 Å². The van der Waals surface area contributed by atoms with Crippen LogP contribution in [-0.2, 0) is 4.74 Å². The van der Waals surface area contributed by atoms with E-state index in [9.17, 15) is 4.79 Å². The van der Waals surface area contributed by atoms with Crippen LogP contribution in [-0.4, -0.2) is 30.6 Å². The highest BCUT2D eigenvalue weighted by Gasteiger charge is 2.05. The molecule has 2 N–H and O–H groups in total. The average molecular weight is 258 g/mol. The molecule has 2 aromatic rings. The summed E-state index contributed by atoms with van der Waals surface area (Å²) < 4.78 is 5.32. The number of rotatable bonds is 6. The smallest absolute Gasteiger partial charge is 0.251 e. The third-order valence-electron chi connectivity index (χ3n) is 2.70. The van der Waals surface area contributed by atoms with Crippen molar-refractivity contribution in [3.63, 3.8) is 0 Å². The molecule has 2 rings (SSSR count). The Labute approximate surface area is 112 Å². The second-order valence-electron chi connectivity index (χ2n) is 4.55. The summed E-state index contributed by atoms with van der Waals surface area (Å²) in [4.78, 5) is 15.0. The van der Waals surface area contributed by atoms with Crippen molar-refractivity contribution in [1.82, 2.24) is 10.3 Å². The van der Waals surface area contributed by atoms with Gasteiger partial charge in [-0.2, -0.15) is 0 Å². The highest BCUT2D eigenvalue weighted by Crippen LogP contribution is 2.13. The van der Waals surface area contributed by atoms with Gasteiger partial charge >= 0.3 is 0 Å². The van der Waals surface area contributed by atoms with Crippen LogP contribution >= 0.6 is 0 Å². The maximum Gasteiger partial charge on any atom is 0.251 e. The van der Waals surface area contributed by atoms with Gasteiger partial charge in [-0.25, -0.2) is 0 Å². The normalized spacial score (nSPS) is 10.6. The van der Waals surface area contributed by atoms with Gasteiger partial charge < -0.3 is 15.0 Å². The lowest BCUT2D eigenvalue weighted by molar-refractivity contribution is 0.0927. The molecule has 4 heteroatoms. The molecule has 1 heterocycles. The fourth-order valence-corrected chi connectivity index (χ4v) is 1.77. The van der Waals surface area contributed by atoms with E-state index in [4.69, 9.17) is 4.74 Å². The van der Waals surface area contributed by atoms with E-state index in [0.29, 0.717) is 25.3 Å². The number of fused-ring (bicyclic) bond motifs is 1. The third kappa shape index (κ3) is 3.69. The van der Waals surface area contributed by atoms with Crippen molar-refractivity contribution in [2.75, 3.05) is 19.8 Å². The maximum absolute atomic E-state index is 11.9. The van der Waals surface area contributed by atoms with Crippen LogP contribution in [0.4, 0.5) is 0 Å². The fourth-order valence-electron chi connectivity index (χ4n) is 1.77. The topological polar surface area (TPSA) is 54.1 Å². The lowest BCUT2D eigenvalue weighted by Crippen LogP contribution is -2.27. The van der Waals surface area contributed by atoms with E-state index in [0.717, 1.165) is 16.5 Å². The van der Waals surface area contributed by atoms with Crippen LogP contribution < -0.4 is 5.32 Å². The van der Waals surface area contributed by atoms with E-state index in [1.807, 2.05) is 37.4 Å². The van der Waals surface area contributed by atoms with E-state index in [-0.39, 0.29) is 5.91 Å². The van der Waals surface area contributed by atoms with Crippen molar-refractivity contribution in [3.8, 4) is 0 Å². The Balaban J connectivity index is 1.84. The Morgan fingerprint density at radius 1 is 1.42 bits per heavy atom. The highest BCUT2D eigenvalue weighted by atomic mass is 16.5. The quantitative estimate of drug-likeness (QED) is 0.618. The number of carbonyl (C=O) groups is 1. The molecule has 0 aliphatic rings. The van der Waals surface area contributed by atoms with Gasteiger partial charge in [-0.1, -0.05) is 18.2 Å². The average Bonchev–Trinajstić information content (AvgIpc) is 2.84. The van der Waals surface area contributed by atoms with E-state index >= 15 is 0 Å². The summed E-state index contributed by atoms with van der Waals surface area (Å²) in [5, 5.41) is 3.92. The number of amides is 1. The number of H-pyrrole nitrogens is 1. The summed E-state index contributed by atoms with van der Waals surface area (Å²) >= 11 is 0. The minimum atomic E-state index is -0.0876. The summed E-state index contributed by atoms with van der Waals surface area (Å²) in [5.41, 5.74) is 2.59. The van der Waals surface area contributed by atoms with Crippen LogP contribution in [0.15, 0.2) is 42.6 Å². The van der Waals surface area contributed by atoms with Crippen molar-refractivity contribution in [2.45, 2.75) is 6.92 Å². The van der Waals surface area contributed by atoms with Gasteiger partial charge in [-0.05, 0) is 30.5 Å². The molecular weight excluding hydrogens is 240 g/mol. The minimum absolute atomic E-state index is 0.0876. The van der Waals surface area contributed by atoms with Crippen molar-refractivity contribution < 1.29 is 9.53 Å². The third-order valence-corrected chi connectivity index (χ3v) is 2.70. The molecule has 4 nitrogen and oxygen atoms in total. The summed E-state index contributed by atoms with van der Waals surface area (Å²) in [6.07, 6.45) is 1.86. The van der Waals surface area contributed by atoms with Crippen molar-refractivity contribution in [1.29, 1.82) is 0 Å². The van der Waals surface area contributed by atoms with Crippen molar-refractivity contribution in [2.24, 2.45) is 0 Å². The largest absolute Gasteiger partial charge is 0.375 e. The van der Waals surface area contributed by atoms with Crippen LogP contribution in [0.1, 0.15) is 17.3 Å². The number of hydrogen-bond acceptors (Lipinski definition) is 2. The number of carbonyl (C=O) groups excluding carboxylic acids is 1. The number of aromatic nitrogens is 1. The van der Waals surface area contributed by atoms with Gasteiger partial charge in [0.1, 0.15) is 0 Å². The predicted molar refractivity (Wildman–Crippen MR) is 76.3 cm³/mol. The van der Waals surface area contributed by atoms with Gasteiger partial charge in [0.05, 0.1) is 13.2 Å². The second kappa shape index (κ2) is 6.20. The summed E-state index contributed by atoms with van der Waals surface area (Å²) in [6, 6.07) is 7.57. The zero-order valence-corrected chi connectivity index (χ0v) is 11.0. The molecule has 0 bridgehead atoms. The first kappa shape index (κ1) is 13.4. The number of aromatic amines is 1. The Morgan fingerprint density at radius 2 is 2.26 bits per heavy atom. The molecular formula is C15H18N2O2. The Morgan fingerprint density at radius 3 is 3.05 bits per heavy atom. The summed E-state index contributed by atoms with van der Waals surface area (Å²) in [5.74, 6) is -0.0876. The standard InChI is InChI=1S/C15H18N2O2/c1-11(2)10-19-8-7-17-15(18)13-4-3-12-5-6-16-14(12)9-13/h3-6,9,16H,1,7-8,10H2,2H3,(H,17,18). The molecule has 1 aromatic heterocycles. The lowest BCUT2D eigenvalue weighted by Gasteiger charge is -2.06. The molecule has 0 aliphatic carbocycles. The summed E-state index contributed by atoms with van der Waals surface area (Å²) in [7, 11) is 0. The lowest BCUT2D eigenvalue weighted by atomic mass is 10.1. The van der Waals surface area contributed by atoms with E-state index in [1.165, 1.54) is 0 Å². The molecule has 100 valence electrons. The van der Waals surface area contributed by atoms with Gasteiger partial charge in [0.25, 0.3) is 5.91 Å². The van der Waals surface area contributed by atoms with Crippen LogP contribution in [0.25, 0.3) is 10.9 Å². The Bertz CT molecular complexity index is 587. The predicted octanol–water partition coefficient (Wildman–Crippen LogP) is 2.49. The zero-order valence-electron chi connectivity index (χ0n) is 11.0. The second-order valence-corrected chi connectivity index (χ2v) is 4.55. The monoisotopic (exact) mass is 258 g/mol. The maximum atomic E-state index is 11.9. The first-order valence-electron chi connectivity index (χ1n) is 6.24. The van der Waals surface area contributed by atoms with Gasteiger partial charge in [-0.15, -0.1) is 0 Å². The van der Waals surface area contributed by atoms with Crippen LogP contribution in [0, 0.1) is 0 Å². The molecule has 19 heavy (non-hydrogen) atoms. The molecule has 0 atom stereocenters. The number of hydrogen-bond donors (Lipinski definition) is 2. The van der Waals surface area contributed by atoms with Crippen LogP contribution in [0.2, 0.25) is 0 Å². The molecule has 0 radical (unpaired) electrons. The van der Waals surface area contributed by atoms with Crippen molar-refractivity contribution in [3.05, 3.63) is 48.2 Å². The number of ether oxygens (including phenoxy) is 1. The van der Waals surface area contributed by atoms with Gasteiger partial charge in [0.15, 0.2) is 0 Å². The molecule has 0 spiro atoms. The van der Waals surface area contributed by atoms with E-state index in [2.05, 4.69) is 16.9 Å². The number of benzene rings is 1. The highest BCUT2D eigenvalue weighted by molar-refractivity contribution is 5.97. The fraction of sp³-hybridized carbons (Fsp3) is 0.267. The molecule has 0 saturated carbocycles. The zero-order chi connectivity index (χ0) is 13.7. The molecule has 0 fully saturated rings. The van der Waals surface area contributed by atoms with E-state index < -0.39 is 0 Å². The van der Waals surface area contributed by atoms with Gasteiger partial charge in [-0.3, -0.25) is 4.79 Å². The molecule has 1 aromatic carbocycles. The first-order valence-corrected chi connectivity index (χ1v) is 6.24. The Kier molecular flexibility index (Phi) is 4.36. The molecule has 0 saturated heterocycles. The molecule has 0 unspecified atom stereocenters. The minimum Gasteiger partial charge on any atom is -0.375 e. The Hall–Kier alpha value is -2.07. The molecule has 0 aliphatic heterocycles. The van der Waals surface area contributed by atoms with Gasteiger partial charge in [0, 0.05) is 23.8 Å². The van der Waals surface area contributed by atoms with Crippen LogP contribution in [0.3, 0.4) is 0 Å². The summed E-state index contributed by atoms with van der Waals surface area (Å²) in [6.45, 7) is 7.17. The first-order chi connectivity index (χ1) is 9.16. The van der Waals surface area contributed by atoms with Crippen LogP contribution in [0.5, 0.6) is 0 Å². The van der Waals surface area contributed by atoms with E-state index in [1.54, 1.807) is 0 Å². The molecule has 1 amide bonds. The number of nitrogens with one attached hydrogen (secondary N) is 2. The SMILES string of the molecule is C=C(C)COCCNC(=O)c1ccc2cc[nH]c2c1. The van der Waals surface area contributed by atoms with Gasteiger partial charge in [0.2, 0.25) is 0 Å².